The van der Waals surface area contributed by atoms with Crippen molar-refractivity contribution in [3.63, 3.8) is 0 Å². The van der Waals surface area contributed by atoms with Crippen molar-refractivity contribution in [3.8, 4) is 28.7 Å². The van der Waals surface area contributed by atoms with Crippen LogP contribution >= 0.6 is 0 Å². The van der Waals surface area contributed by atoms with Gasteiger partial charge in [-0.25, -0.2) is 4.79 Å². The van der Waals surface area contributed by atoms with Crippen molar-refractivity contribution < 1.29 is 14.6 Å². The Hall–Kier alpha value is -3.77. The molecule has 28 heavy (non-hydrogen) atoms. The van der Waals surface area contributed by atoms with Crippen molar-refractivity contribution in [1.29, 1.82) is 0 Å². The van der Waals surface area contributed by atoms with Gasteiger partial charge < -0.3 is 9.84 Å². The second-order valence-electron chi connectivity index (χ2n) is 6.30. The first-order valence-corrected chi connectivity index (χ1v) is 8.83. The molecule has 0 aliphatic heterocycles. The Morgan fingerprint density at radius 2 is 1.71 bits per heavy atom. The lowest BCUT2D eigenvalue weighted by atomic mass is 9.98. The molecule has 0 heterocycles. The summed E-state index contributed by atoms with van der Waals surface area (Å²) in [6.07, 6.45) is 3.76. The first-order chi connectivity index (χ1) is 13.6. The molecule has 0 saturated carbocycles. The van der Waals surface area contributed by atoms with Gasteiger partial charge in [-0.1, -0.05) is 47.7 Å². The van der Waals surface area contributed by atoms with Gasteiger partial charge in [0.1, 0.15) is 5.75 Å². The molecule has 3 aromatic carbocycles. The molecule has 0 amide bonds. The van der Waals surface area contributed by atoms with Gasteiger partial charge in [0, 0.05) is 5.56 Å². The standard InChI is InChI=1S/C25H20O3/c1-18-7-11-21(12-8-18)24-17-23(28-2)16-15-20(24)6-4-3-5-19-9-13-22(14-10-19)25(26)27/h4,6-17H,1-2H3,(H,26,27)/b6-4+. The molecule has 0 bridgehead atoms. The fourth-order valence-corrected chi connectivity index (χ4v) is 2.74. The number of aromatic carboxylic acids is 1. The van der Waals surface area contributed by atoms with Crippen molar-refractivity contribution in [3.05, 3.63) is 95.1 Å². The van der Waals surface area contributed by atoms with Crippen LogP contribution in [0.1, 0.15) is 27.0 Å². The second kappa shape index (κ2) is 8.75. The lowest BCUT2D eigenvalue weighted by Gasteiger charge is -2.09. The van der Waals surface area contributed by atoms with Gasteiger partial charge >= 0.3 is 5.97 Å². The Morgan fingerprint density at radius 1 is 1.00 bits per heavy atom. The molecule has 3 nitrogen and oxygen atoms in total. The maximum Gasteiger partial charge on any atom is 0.335 e. The molecule has 3 heteroatoms. The molecule has 0 aliphatic rings. The van der Waals surface area contributed by atoms with E-state index in [-0.39, 0.29) is 5.56 Å². The van der Waals surface area contributed by atoms with Crippen molar-refractivity contribution in [2.75, 3.05) is 7.11 Å². The second-order valence-corrected chi connectivity index (χ2v) is 6.30. The molecule has 3 rings (SSSR count). The number of carbonyl (C=O) groups is 1. The van der Waals surface area contributed by atoms with Crippen LogP contribution < -0.4 is 4.74 Å². The van der Waals surface area contributed by atoms with Crippen LogP contribution in [0.5, 0.6) is 5.75 Å². The van der Waals surface area contributed by atoms with E-state index in [4.69, 9.17) is 9.84 Å². The van der Waals surface area contributed by atoms with Gasteiger partial charge in [-0.15, -0.1) is 0 Å². The van der Waals surface area contributed by atoms with E-state index >= 15 is 0 Å². The summed E-state index contributed by atoms with van der Waals surface area (Å²) in [7, 11) is 1.66. The summed E-state index contributed by atoms with van der Waals surface area (Å²) in [5.41, 5.74) is 5.46. The van der Waals surface area contributed by atoms with E-state index in [9.17, 15) is 4.79 Å². The Balaban J connectivity index is 1.86. The lowest BCUT2D eigenvalue weighted by molar-refractivity contribution is 0.0697. The van der Waals surface area contributed by atoms with Crippen molar-refractivity contribution in [2.24, 2.45) is 0 Å². The van der Waals surface area contributed by atoms with Crippen molar-refractivity contribution >= 4 is 12.0 Å². The summed E-state index contributed by atoms with van der Waals surface area (Å²) < 4.78 is 5.37. The summed E-state index contributed by atoms with van der Waals surface area (Å²) in [6.45, 7) is 2.06. The molecule has 0 radical (unpaired) electrons. The van der Waals surface area contributed by atoms with Crippen LogP contribution in [0, 0.1) is 18.8 Å². The zero-order valence-electron chi connectivity index (χ0n) is 15.8. The van der Waals surface area contributed by atoms with E-state index in [1.165, 1.54) is 5.56 Å². The quantitative estimate of drug-likeness (QED) is 0.624. The highest BCUT2D eigenvalue weighted by molar-refractivity contribution is 5.87. The average molecular weight is 368 g/mol. The minimum absolute atomic E-state index is 0.252. The fourth-order valence-electron chi connectivity index (χ4n) is 2.74. The number of hydrogen-bond acceptors (Lipinski definition) is 2. The van der Waals surface area contributed by atoms with E-state index in [0.717, 1.165) is 28.0 Å². The number of rotatable bonds is 4. The highest BCUT2D eigenvalue weighted by atomic mass is 16.5. The summed E-state index contributed by atoms with van der Waals surface area (Å²) in [4.78, 5) is 10.9. The van der Waals surface area contributed by atoms with Gasteiger partial charge in [-0.3, -0.25) is 0 Å². The number of benzene rings is 3. The smallest absolute Gasteiger partial charge is 0.335 e. The molecule has 0 unspecified atom stereocenters. The molecule has 0 aliphatic carbocycles. The summed E-state index contributed by atoms with van der Waals surface area (Å²) in [5.74, 6) is 5.88. The van der Waals surface area contributed by atoms with E-state index < -0.39 is 5.97 Å². The Labute approximate surface area is 164 Å². The van der Waals surface area contributed by atoms with Gasteiger partial charge in [0.2, 0.25) is 0 Å². The SMILES string of the molecule is COc1ccc(/C=C/C#Cc2ccc(C(=O)O)cc2)c(-c2ccc(C)cc2)c1. The summed E-state index contributed by atoms with van der Waals surface area (Å²) in [5, 5.41) is 8.93. The molecule has 0 aromatic heterocycles. The minimum Gasteiger partial charge on any atom is -0.497 e. The number of hydrogen-bond donors (Lipinski definition) is 1. The molecule has 0 spiro atoms. The van der Waals surface area contributed by atoms with Crippen molar-refractivity contribution in [1.82, 2.24) is 0 Å². The average Bonchev–Trinajstić information content (AvgIpc) is 2.72. The van der Waals surface area contributed by atoms with Crippen LogP contribution in [0.15, 0.2) is 72.8 Å². The van der Waals surface area contributed by atoms with Gasteiger partial charge in [0.25, 0.3) is 0 Å². The molecular weight excluding hydrogens is 348 g/mol. The van der Waals surface area contributed by atoms with Crippen molar-refractivity contribution in [2.45, 2.75) is 6.92 Å². The Bertz CT molecular complexity index is 1060. The summed E-state index contributed by atoms with van der Waals surface area (Å²) in [6, 6.07) is 20.8. The first-order valence-electron chi connectivity index (χ1n) is 8.83. The van der Waals surface area contributed by atoms with E-state index in [2.05, 4.69) is 43.0 Å². The van der Waals surface area contributed by atoms with Gasteiger partial charge in [0.15, 0.2) is 0 Å². The molecule has 0 saturated heterocycles. The number of allylic oxidation sites excluding steroid dienone is 1. The predicted molar refractivity (Wildman–Crippen MR) is 112 cm³/mol. The normalized spacial score (nSPS) is 10.4. The molecule has 1 N–H and O–H groups in total. The first kappa shape index (κ1) is 19.0. The maximum absolute atomic E-state index is 10.9. The number of carboxylic acids is 1. The topological polar surface area (TPSA) is 46.5 Å². The zero-order chi connectivity index (χ0) is 19.9. The fraction of sp³-hybridized carbons (Fsp3) is 0.0800. The van der Waals surface area contributed by atoms with Crippen LogP contribution in [-0.4, -0.2) is 18.2 Å². The molecule has 0 fully saturated rings. The molecule has 3 aromatic rings. The third kappa shape index (κ3) is 4.69. The largest absolute Gasteiger partial charge is 0.497 e. The van der Waals surface area contributed by atoms with Crippen LogP contribution in [-0.2, 0) is 0 Å². The highest BCUT2D eigenvalue weighted by Crippen LogP contribution is 2.29. The van der Waals surface area contributed by atoms with E-state index in [0.29, 0.717) is 0 Å². The third-order valence-corrected chi connectivity index (χ3v) is 4.32. The zero-order valence-corrected chi connectivity index (χ0v) is 15.8. The monoisotopic (exact) mass is 368 g/mol. The van der Waals surface area contributed by atoms with Crippen LogP contribution in [0.2, 0.25) is 0 Å². The van der Waals surface area contributed by atoms with Crippen LogP contribution in [0.25, 0.3) is 17.2 Å². The number of aryl methyl sites for hydroxylation is 1. The maximum atomic E-state index is 10.9. The molecule has 138 valence electrons. The van der Waals surface area contributed by atoms with Crippen LogP contribution in [0.4, 0.5) is 0 Å². The predicted octanol–water partition coefficient (Wildman–Crippen LogP) is 5.43. The molecular formula is C25H20O3. The van der Waals surface area contributed by atoms with Gasteiger partial charge in [-0.2, -0.15) is 0 Å². The Morgan fingerprint density at radius 3 is 2.36 bits per heavy atom. The lowest BCUT2D eigenvalue weighted by Crippen LogP contribution is -1.94. The molecule has 0 atom stereocenters. The van der Waals surface area contributed by atoms with E-state index in [1.807, 2.05) is 24.3 Å². The van der Waals surface area contributed by atoms with Gasteiger partial charge in [0.05, 0.1) is 12.7 Å². The van der Waals surface area contributed by atoms with Crippen LogP contribution in [0.3, 0.4) is 0 Å². The van der Waals surface area contributed by atoms with Gasteiger partial charge in [-0.05, 0) is 72.2 Å². The summed E-state index contributed by atoms with van der Waals surface area (Å²) >= 11 is 0. The minimum atomic E-state index is -0.942. The van der Waals surface area contributed by atoms with E-state index in [1.54, 1.807) is 37.5 Å². The number of carboxylic acid groups (broad SMARTS) is 1. The number of methoxy groups -OCH3 is 1. The number of ether oxygens (including phenoxy) is 1. The highest BCUT2D eigenvalue weighted by Gasteiger charge is 2.05. The Kier molecular flexibility index (Phi) is 5.94. The third-order valence-electron chi connectivity index (χ3n) is 4.32.